The second kappa shape index (κ2) is 10.6. The Labute approximate surface area is 216 Å². The number of oxazole rings is 1. The zero-order valence-electron chi connectivity index (χ0n) is 20.7. The molecule has 4 heterocycles. The third-order valence-corrected chi connectivity index (χ3v) is 7.05. The van der Waals surface area contributed by atoms with Gasteiger partial charge in [-0.05, 0) is 43.7 Å². The van der Waals surface area contributed by atoms with E-state index in [-0.39, 0.29) is 31.6 Å². The monoisotopic (exact) mass is 535 g/mol. The summed E-state index contributed by atoms with van der Waals surface area (Å²) in [6, 6.07) is 2.80. The number of rotatable bonds is 6. The van der Waals surface area contributed by atoms with Crippen molar-refractivity contribution in [3.8, 4) is 0 Å². The van der Waals surface area contributed by atoms with Crippen LogP contribution in [0.15, 0.2) is 22.7 Å². The molecule has 0 aromatic carbocycles. The number of carbonyl (C=O) groups excluding carboxylic acids is 3. The van der Waals surface area contributed by atoms with Gasteiger partial charge in [0.05, 0.1) is 0 Å². The van der Waals surface area contributed by atoms with Crippen LogP contribution in [0.25, 0.3) is 0 Å². The summed E-state index contributed by atoms with van der Waals surface area (Å²) in [5, 5.41) is 0. The number of aromatic nitrogens is 2. The van der Waals surface area contributed by atoms with Crippen molar-refractivity contribution in [2.75, 3.05) is 42.5 Å². The maximum absolute atomic E-state index is 13.6. The van der Waals surface area contributed by atoms with E-state index >= 15 is 0 Å². The summed E-state index contributed by atoms with van der Waals surface area (Å²) >= 11 is 0. The lowest BCUT2D eigenvalue weighted by molar-refractivity contribution is -0.141. The maximum atomic E-state index is 13.6. The number of alkyl halides is 3. The quantitative estimate of drug-likeness (QED) is 0.514. The lowest BCUT2D eigenvalue weighted by Crippen LogP contribution is -2.49. The number of hydrogen-bond donors (Lipinski definition) is 0. The molecule has 2 aromatic heterocycles. The van der Waals surface area contributed by atoms with Gasteiger partial charge >= 0.3 is 18.3 Å². The number of halogens is 3. The van der Waals surface area contributed by atoms with Gasteiger partial charge in [0.1, 0.15) is 11.9 Å². The van der Waals surface area contributed by atoms with Crippen molar-refractivity contribution in [2.45, 2.75) is 57.2 Å². The number of amides is 2. The van der Waals surface area contributed by atoms with Crippen molar-refractivity contribution in [1.29, 1.82) is 0 Å². The number of ether oxygens (including phenoxy) is 1. The Morgan fingerprint density at radius 1 is 1.05 bits per heavy atom. The number of ketones is 1. The summed E-state index contributed by atoms with van der Waals surface area (Å²) < 4.78 is 51.4. The number of anilines is 2. The molecule has 3 fully saturated rings. The van der Waals surface area contributed by atoms with E-state index in [2.05, 4.69) is 9.97 Å². The van der Waals surface area contributed by atoms with Crippen molar-refractivity contribution in [2.24, 2.45) is 0 Å². The normalized spacial score (nSPS) is 18.9. The van der Waals surface area contributed by atoms with E-state index in [0.717, 1.165) is 30.6 Å². The summed E-state index contributed by atoms with van der Waals surface area (Å²) in [4.78, 5) is 49.6. The Hall–Kier alpha value is -3.64. The Balaban J connectivity index is 1.20. The predicted octanol–water partition coefficient (Wildman–Crippen LogP) is 3.84. The molecular formula is C25H28F3N5O5. The first-order chi connectivity index (χ1) is 18.2. The van der Waals surface area contributed by atoms with Crippen LogP contribution in [0.1, 0.15) is 60.3 Å². The molecule has 0 unspecified atom stereocenters. The molecule has 2 aliphatic heterocycles. The van der Waals surface area contributed by atoms with Gasteiger partial charge < -0.3 is 19.0 Å². The number of hydrogen-bond acceptors (Lipinski definition) is 8. The minimum Gasteiger partial charge on any atom is -0.446 e. The van der Waals surface area contributed by atoms with Crippen LogP contribution in [0.3, 0.4) is 0 Å². The number of carbonyl (C=O) groups is 3. The number of nitrogens with zero attached hydrogens (tertiary/aromatic N) is 5. The van der Waals surface area contributed by atoms with E-state index in [1.54, 1.807) is 17.0 Å². The fraction of sp³-hybridized carbons (Fsp3) is 0.560. The van der Waals surface area contributed by atoms with Crippen molar-refractivity contribution in [3.05, 3.63) is 35.3 Å². The molecular weight excluding hydrogens is 507 g/mol. The van der Waals surface area contributed by atoms with Gasteiger partial charge in [-0.3, -0.25) is 14.5 Å². The zero-order valence-corrected chi connectivity index (χ0v) is 20.7. The maximum Gasteiger partial charge on any atom is 0.437 e. The van der Waals surface area contributed by atoms with Crippen LogP contribution < -0.4 is 9.80 Å². The van der Waals surface area contributed by atoms with Gasteiger partial charge in [0.25, 0.3) is 0 Å². The molecule has 10 nitrogen and oxygen atoms in total. The highest BCUT2D eigenvalue weighted by Gasteiger charge is 2.42. The van der Waals surface area contributed by atoms with Crippen LogP contribution in [-0.4, -0.2) is 71.5 Å². The van der Waals surface area contributed by atoms with Gasteiger partial charge in [-0.15, -0.1) is 0 Å². The average Bonchev–Trinajstić information content (AvgIpc) is 3.65. The Kier molecular flexibility index (Phi) is 7.26. The SMILES string of the molecule is O=C(Cc1ccc(N2CCN(C(=O)OC3CCCC3)CC2)nc1)c1oc(N2CCCC2=O)nc1C(F)(F)F. The Bertz CT molecular complexity index is 1180. The highest BCUT2D eigenvalue weighted by molar-refractivity contribution is 5.97. The molecule has 1 saturated carbocycles. The van der Waals surface area contributed by atoms with E-state index in [4.69, 9.17) is 9.15 Å². The largest absolute Gasteiger partial charge is 0.446 e. The molecule has 2 aromatic rings. The summed E-state index contributed by atoms with van der Waals surface area (Å²) in [5.41, 5.74) is -1.04. The van der Waals surface area contributed by atoms with Crippen molar-refractivity contribution in [3.63, 3.8) is 0 Å². The van der Waals surface area contributed by atoms with E-state index in [0.29, 0.717) is 44.0 Å². The van der Waals surface area contributed by atoms with Crippen LogP contribution in [0.4, 0.5) is 29.8 Å². The predicted molar refractivity (Wildman–Crippen MR) is 128 cm³/mol. The van der Waals surface area contributed by atoms with Gasteiger partial charge in [0, 0.05) is 51.8 Å². The average molecular weight is 536 g/mol. The highest BCUT2D eigenvalue weighted by Crippen LogP contribution is 2.35. The summed E-state index contributed by atoms with van der Waals surface area (Å²) in [6.45, 7) is 2.26. The number of Topliss-reactive ketones (excluding diaryl/α,β-unsaturated/α-hetero) is 1. The van der Waals surface area contributed by atoms with E-state index < -0.39 is 35.3 Å². The molecule has 2 amide bonds. The second-order valence-electron chi connectivity index (χ2n) is 9.71. The van der Waals surface area contributed by atoms with Crippen LogP contribution in [-0.2, 0) is 22.1 Å². The van der Waals surface area contributed by atoms with Gasteiger partial charge in [-0.1, -0.05) is 6.07 Å². The van der Waals surface area contributed by atoms with Crippen molar-refractivity contribution in [1.82, 2.24) is 14.9 Å². The third kappa shape index (κ3) is 5.60. The third-order valence-electron chi connectivity index (χ3n) is 7.05. The first-order valence-electron chi connectivity index (χ1n) is 12.8. The van der Waals surface area contributed by atoms with E-state index in [1.165, 1.54) is 6.20 Å². The molecule has 0 radical (unpaired) electrons. The zero-order chi connectivity index (χ0) is 26.9. The minimum absolute atomic E-state index is 0.0101. The first kappa shape index (κ1) is 26.0. The molecule has 0 bridgehead atoms. The topological polar surface area (TPSA) is 109 Å². The Morgan fingerprint density at radius 2 is 1.79 bits per heavy atom. The molecule has 3 aliphatic rings. The molecule has 1 aliphatic carbocycles. The highest BCUT2D eigenvalue weighted by atomic mass is 19.4. The molecule has 38 heavy (non-hydrogen) atoms. The summed E-state index contributed by atoms with van der Waals surface area (Å²) in [5.74, 6) is -1.59. The molecule has 0 spiro atoms. The molecule has 2 saturated heterocycles. The number of pyridine rings is 1. The van der Waals surface area contributed by atoms with Gasteiger partial charge in [-0.2, -0.15) is 18.2 Å². The van der Waals surface area contributed by atoms with Crippen molar-refractivity contribution < 1.29 is 36.7 Å². The standard InChI is InChI=1S/C25H28F3N5O5/c26-25(27,28)22-21(38-23(30-22)33-9-3-6-20(33)35)18(34)14-16-7-8-19(29-15-16)31-10-12-32(13-11-31)24(36)37-17-4-1-2-5-17/h7-8,15,17H,1-6,9-14H2. The van der Waals surface area contributed by atoms with E-state index in [9.17, 15) is 27.6 Å². The fourth-order valence-electron chi connectivity index (χ4n) is 4.97. The van der Waals surface area contributed by atoms with Crippen LogP contribution in [0.2, 0.25) is 0 Å². The second-order valence-corrected chi connectivity index (χ2v) is 9.71. The number of piperazine rings is 1. The Morgan fingerprint density at radius 3 is 2.39 bits per heavy atom. The van der Waals surface area contributed by atoms with Crippen LogP contribution in [0, 0.1) is 0 Å². The minimum atomic E-state index is -4.91. The van der Waals surface area contributed by atoms with Crippen molar-refractivity contribution >= 4 is 29.6 Å². The van der Waals surface area contributed by atoms with Gasteiger partial charge in [0.2, 0.25) is 17.5 Å². The summed E-state index contributed by atoms with van der Waals surface area (Å²) in [6.07, 6.45) is 0.523. The smallest absolute Gasteiger partial charge is 0.437 e. The molecule has 5 rings (SSSR count). The lowest BCUT2D eigenvalue weighted by Gasteiger charge is -2.35. The van der Waals surface area contributed by atoms with Crippen LogP contribution in [0.5, 0.6) is 0 Å². The molecule has 0 N–H and O–H groups in total. The lowest BCUT2D eigenvalue weighted by atomic mass is 10.1. The summed E-state index contributed by atoms with van der Waals surface area (Å²) in [7, 11) is 0. The molecule has 0 atom stereocenters. The van der Waals surface area contributed by atoms with E-state index in [1.807, 2.05) is 4.90 Å². The fourth-order valence-corrected chi connectivity index (χ4v) is 4.97. The van der Waals surface area contributed by atoms with Gasteiger partial charge in [-0.25, -0.2) is 9.78 Å². The first-order valence-corrected chi connectivity index (χ1v) is 12.8. The van der Waals surface area contributed by atoms with Crippen LogP contribution >= 0.6 is 0 Å². The van der Waals surface area contributed by atoms with Gasteiger partial charge in [0.15, 0.2) is 5.69 Å². The molecule has 13 heteroatoms. The molecule has 204 valence electrons.